The second kappa shape index (κ2) is 6.14. The van der Waals surface area contributed by atoms with Gasteiger partial charge in [-0.05, 0) is 81.2 Å². The van der Waals surface area contributed by atoms with Crippen LogP contribution in [0.2, 0.25) is 0 Å². The van der Waals surface area contributed by atoms with Crippen molar-refractivity contribution in [2.75, 3.05) is 0 Å². The molecule has 0 aromatic heterocycles. The summed E-state index contributed by atoms with van der Waals surface area (Å²) in [5.41, 5.74) is 7.33. The molecular weight excluding hydrogens is 318 g/mol. The van der Waals surface area contributed by atoms with Crippen molar-refractivity contribution in [1.29, 1.82) is 0 Å². The van der Waals surface area contributed by atoms with E-state index in [4.69, 9.17) is 0 Å². The molecule has 1 aliphatic rings. The third-order valence-electron chi connectivity index (χ3n) is 5.46. The maximum Gasteiger partial charge on any atom is 0.159 e. The maximum absolute atomic E-state index is 14.1. The van der Waals surface area contributed by atoms with Crippen molar-refractivity contribution < 1.29 is 13.9 Å². The highest BCUT2D eigenvalue weighted by atomic mass is 19.2. The largest absolute Gasteiger partial charge is 0.507 e. The average Bonchev–Trinajstić information content (AvgIpc) is 2.76. The van der Waals surface area contributed by atoms with Gasteiger partial charge in [0.15, 0.2) is 11.6 Å². The molecule has 3 rings (SSSR count). The fourth-order valence-electron chi connectivity index (χ4n) is 3.72. The van der Waals surface area contributed by atoms with Crippen LogP contribution in [0.1, 0.15) is 44.7 Å². The van der Waals surface area contributed by atoms with Crippen LogP contribution in [0.25, 0.3) is 11.1 Å². The fraction of sp³-hybridized carbons (Fsp3) is 0.273. The summed E-state index contributed by atoms with van der Waals surface area (Å²) in [6.45, 7) is 10.1. The Bertz CT molecular complexity index is 911. The van der Waals surface area contributed by atoms with Gasteiger partial charge in [0.25, 0.3) is 0 Å². The lowest BCUT2D eigenvalue weighted by Crippen LogP contribution is -2.04. The normalized spacial score (nSPS) is 15.5. The van der Waals surface area contributed by atoms with E-state index in [1.165, 1.54) is 23.3 Å². The van der Waals surface area contributed by atoms with Crippen molar-refractivity contribution in [2.24, 2.45) is 0 Å². The fourth-order valence-corrected chi connectivity index (χ4v) is 3.72. The Hall–Kier alpha value is -2.42. The molecule has 25 heavy (non-hydrogen) atoms. The van der Waals surface area contributed by atoms with Crippen molar-refractivity contribution in [3.8, 4) is 16.9 Å². The Morgan fingerprint density at radius 1 is 0.760 bits per heavy atom. The monoisotopic (exact) mass is 340 g/mol. The van der Waals surface area contributed by atoms with Gasteiger partial charge in [0.1, 0.15) is 5.75 Å². The summed E-state index contributed by atoms with van der Waals surface area (Å²) >= 11 is 0. The van der Waals surface area contributed by atoms with Gasteiger partial charge in [-0.1, -0.05) is 22.8 Å². The molecule has 2 aromatic rings. The Labute approximate surface area is 147 Å². The van der Waals surface area contributed by atoms with Crippen LogP contribution in [0.4, 0.5) is 8.78 Å². The SMILES string of the molecule is CC1=C(C)C(c2cc(F)c(F)cc2-c2cc(C)ccc2O)C(C)=C1C. The summed E-state index contributed by atoms with van der Waals surface area (Å²) in [6, 6.07) is 7.65. The highest BCUT2D eigenvalue weighted by molar-refractivity contribution is 5.76. The lowest BCUT2D eigenvalue weighted by atomic mass is 9.83. The van der Waals surface area contributed by atoms with Crippen LogP contribution in [-0.2, 0) is 0 Å². The molecule has 0 bridgehead atoms. The highest BCUT2D eigenvalue weighted by Crippen LogP contribution is 2.47. The zero-order valence-corrected chi connectivity index (χ0v) is 15.2. The van der Waals surface area contributed by atoms with Crippen molar-refractivity contribution in [2.45, 2.75) is 40.5 Å². The first-order chi connectivity index (χ1) is 11.7. The summed E-state index contributed by atoms with van der Waals surface area (Å²) in [7, 11) is 0. The number of aromatic hydroxyl groups is 1. The molecule has 0 aliphatic heterocycles. The lowest BCUT2D eigenvalue weighted by molar-refractivity contribution is 0.476. The second-order valence-electron chi connectivity index (χ2n) is 6.92. The second-order valence-corrected chi connectivity index (χ2v) is 6.92. The van der Waals surface area contributed by atoms with Crippen LogP contribution in [0, 0.1) is 18.6 Å². The van der Waals surface area contributed by atoms with Crippen LogP contribution in [-0.4, -0.2) is 5.11 Å². The average molecular weight is 340 g/mol. The predicted octanol–water partition coefficient (Wildman–Crippen LogP) is 6.42. The summed E-state index contributed by atoms with van der Waals surface area (Å²) in [5.74, 6) is -1.82. The van der Waals surface area contributed by atoms with E-state index < -0.39 is 11.6 Å². The highest BCUT2D eigenvalue weighted by Gasteiger charge is 2.29. The smallest absolute Gasteiger partial charge is 0.159 e. The molecule has 3 heteroatoms. The zero-order chi connectivity index (χ0) is 18.5. The van der Waals surface area contributed by atoms with Crippen molar-refractivity contribution >= 4 is 0 Å². The molecule has 0 heterocycles. The van der Waals surface area contributed by atoms with Crippen molar-refractivity contribution in [1.82, 2.24) is 0 Å². The quantitative estimate of drug-likeness (QED) is 0.669. The van der Waals surface area contributed by atoms with E-state index in [1.807, 2.05) is 20.8 Å². The number of rotatable bonds is 2. The predicted molar refractivity (Wildman–Crippen MR) is 97.7 cm³/mol. The molecule has 0 saturated carbocycles. The van der Waals surface area contributed by atoms with Gasteiger partial charge in [-0.15, -0.1) is 0 Å². The van der Waals surface area contributed by atoms with E-state index in [0.29, 0.717) is 16.7 Å². The molecule has 130 valence electrons. The van der Waals surface area contributed by atoms with Crippen molar-refractivity contribution in [3.05, 3.63) is 75.4 Å². The number of hydrogen-bond donors (Lipinski definition) is 1. The first-order valence-corrected chi connectivity index (χ1v) is 8.36. The lowest BCUT2D eigenvalue weighted by Gasteiger charge is -2.21. The van der Waals surface area contributed by atoms with Crippen LogP contribution in [0.3, 0.4) is 0 Å². The Morgan fingerprint density at radius 2 is 1.32 bits per heavy atom. The Morgan fingerprint density at radius 3 is 1.92 bits per heavy atom. The van der Waals surface area contributed by atoms with E-state index in [0.717, 1.165) is 16.7 Å². The van der Waals surface area contributed by atoms with Gasteiger partial charge in [-0.2, -0.15) is 0 Å². The van der Waals surface area contributed by atoms with Crippen LogP contribution >= 0.6 is 0 Å². The zero-order valence-electron chi connectivity index (χ0n) is 15.2. The maximum atomic E-state index is 14.1. The van der Waals surface area contributed by atoms with Gasteiger partial charge in [0, 0.05) is 11.5 Å². The number of benzene rings is 2. The van der Waals surface area contributed by atoms with E-state index in [-0.39, 0.29) is 11.7 Å². The van der Waals surface area contributed by atoms with E-state index in [9.17, 15) is 13.9 Å². The molecule has 0 saturated heterocycles. The van der Waals surface area contributed by atoms with Crippen LogP contribution < -0.4 is 0 Å². The number of hydrogen-bond acceptors (Lipinski definition) is 1. The molecule has 1 N–H and O–H groups in total. The minimum absolute atomic E-state index is 0.0626. The number of phenols is 1. The summed E-state index contributed by atoms with van der Waals surface area (Å²) in [6.07, 6.45) is 0. The number of allylic oxidation sites excluding steroid dienone is 4. The van der Waals surface area contributed by atoms with Crippen molar-refractivity contribution in [3.63, 3.8) is 0 Å². The molecule has 0 amide bonds. The Balaban J connectivity index is 2.32. The summed E-state index contributed by atoms with van der Waals surface area (Å²) < 4.78 is 28.1. The molecule has 1 nitrogen and oxygen atoms in total. The molecule has 0 radical (unpaired) electrons. The molecule has 0 unspecified atom stereocenters. The first kappa shape index (κ1) is 17.4. The molecular formula is C22H22F2O. The van der Waals surface area contributed by atoms with E-state index >= 15 is 0 Å². The molecule has 0 atom stereocenters. The van der Waals surface area contributed by atoms with Gasteiger partial charge in [-0.3, -0.25) is 0 Å². The number of halogens is 2. The molecule has 0 spiro atoms. The van der Waals surface area contributed by atoms with Gasteiger partial charge >= 0.3 is 0 Å². The summed E-state index contributed by atoms with van der Waals surface area (Å²) in [5, 5.41) is 10.3. The molecule has 2 aromatic carbocycles. The third kappa shape index (κ3) is 2.78. The topological polar surface area (TPSA) is 20.2 Å². The minimum Gasteiger partial charge on any atom is -0.507 e. The molecule has 0 fully saturated rings. The summed E-state index contributed by atoms with van der Waals surface area (Å²) in [4.78, 5) is 0. The van der Waals surface area contributed by atoms with Crippen LogP contribution in [0.15, 0.2) is 52.6 Å². The Kier molecular flexibility index (Phi) is 4.28. The molecule has 1 aliphatic carbocycles. The van der Waals surface area contributed by atoms with Crippen LogP contribution in [0.5, 0.6) is 5.75 Å². The standard InChI is InChI=1S/C22H22F2O/c1-11-6-7-21(25)17(8-11)16-9-19(23)20(24)10-18(16)22-14(4)12(2)13(3)15(22)5/h6-10,22,25H,1-5H3. The third-order valence-corrected chi connectivity index (χ3v) is 5.46. The van der Waals surface area contributed by atoms with Gasteiger partial charge < -0.3 is 5.11 Å². The van der Waals surface area contributed by atoms with Gasteiger partial charge in [-0.25, -0.2) is 8.78 Å². The van der Waals surface area contributed by atoms with Gasteiger partial charge in [0.05, 0.1) is 0 Å². The first-order valence-electron chi connectivity index (χ1n) is 8.36. The van der Waals surface area contributed by atoms with Gasteiger partial charge in [0.2, 0.25) is 0 Å². The minimum atomic E-state index is -0.908. The van der Waals surface area contributed by atoms with E-state index in [1.54, 1.807) is 18.2 Å². The number of phenolic OH excluding ortho intramolecular Hbond substituents is 1. The van der Waals surface area contributed by atoms with E-state index in [2.05, 4.69) is 13.8 Å². The number of aryl methyl sites for hydroxylation is 1.